The highest BCUT2D eigenvalue weighted by Gasteiger charge is 2.11. The van der Waals surface area contributed by atoms with Gasteiger partial charge in [-0.3, -0.25) is 4.79 Å². The lowest BCUT2D eigenvalue weighted by Crippen LogP contribution is -2.41. The monoisotopic (exact) mass is 255 g/mol. The quantitative estimate of drug-likeness (QED) is 0.780. The molecule has 1 heterocycles. The average molecular weight is 255 g/mol. The summed E-state index contributed by atoms with van der Waals surface area (Å²) in [5.41, 5.74) is 0. The van der Waals surface area contributed by atoms with Gasteiger partial charge >= 0.3 is 0 Å². The van der Waals surface area contributed by atoms with Crippen LogP contribution in [0.3, 0.4) is 0 Å². The molecule has 1 amide bonds. The number of carbonyl (C=O) groups is 1. The Labute approximate surface area is 107 Å². The standard InChI is InChI=1S/C12H21N3OS/c1-4-6-13-12(16)9(3)14-7-10-8-15-11(5-2)17-10/h8-9,14H,4-7H2,1-3H3,(H,13,16). The summed E-state index contributed by atoms with van der Waals surface area (Å²) in [7, 11) is 0. The van der Waals surface area contributed by atoms with Crippen LogP contribution in [0.15, 0.2) is 6.20 Å². The number of rotatable bonds is 7. The van der Waals surface area contributed by atoms with Crippen molar-refractivity contribution < 1.29 is 4.79 Å². The Bertz CT molecular complexity index is 351. The molecule has 1 atom stereocenters. The molecule has 0 spiro atoms. The minimum atomic E-state index is -0.159. The van der Waals surface area contributed by atoms with Gasteiger partial charge in [0.1, 0.15) is 0 Å². The van der Waals surface area contributed by atoms with Crippen LogP contribution in [0.5, 0.6) is 0 Å². The lowest BCUT2D eigenvalue weighted by atomic mass is 10.3. The molecule has 0 saturated carbocycles. The molecule has 1 aromatic heterocycles. The molecule has 0 aromatic carbocycles. The van der Waals surface area contributed by atoms with E-state index in [1.54, 1.807) is 11.3 Å². The van der Waals surface area contributed by atoms with Gasteiger partial charge in [0, 0.05) is 24.2 Å². The minimum Gasteiger partial charge on any atom is -0.355 e. The van der Waals surface area contributed by atoms with Crippen LogP contribution < -0.4 is 10.6 Å². The first kappa shape index (κ1) is 14.1. The van der Waals surface area contributed by atoms with E-state index in [9.17, 15) is 4.79 Å². The third-order valence-electron chi connectivity index (χ3n) is 2.43. The minimum absolute atomic E-state index is 0.0621. The largest absolute Gasteiger partial charge is 0.355 e. The van der Waals surface area contributed by atoms with Gasteiger partial charge in [0.15, 0.2) is 0 Å². The molecule has 1 rings (SSSR count). The number of nitrogens with one attached hydrogen (secondary N) is 2. The fraction of sp³-hybridized carbons (Fsp3) is 0.667. The molecule has 0 saturated heterocycles. The smallest absolute Gasteiger partial charge is 0.236 e. The molecule has 2 N–H and O–H groups in total. The van der Waals surface area contributed by atoms with Crippen LogP contribution in [-0.2, 0) is 17.8 Å². The summed E-state index contributed by atoms with van der Waals surface area (Å²) in [4.78, 5) is 17.1. The van der Waals surface area contributed by atoms with Crippen LogP contribution in [0.2, 0.25) is 0 Å². The van der Waals surface area contributed by atoms with E-state index in [0.717, 1.165) is 24.4 Å². The van der Waals surface area contributed by atoms with Gasteiger partial charge in [-0.15, -0.1) is 11.3 Å². The summed E-state index contributed by atoms with van der Waals surface area (Å²) in [5.74, 6) is 0.0621. The van der Waals surface area contributed by atoms with Crippen molar-refractivity contribution in [1.82, 2.24) is 15.6 Å². The first-order chi connectivity index (χ1) is 8.17. The van der Waals surface area contributed by atoms with Crippen molar-refractivity contribution in [3.8, 4) is 0 Å². The van der Waals surface area contributed by atoms with Gasteiger partial charge in [-0.05, 0) is 19.8 Å². The fourth-order valence-electron chi connectivity index (χ4n) is 1.34. The molecule has 0 fully saturated rings. The SMILES string of the molecule is CCCNC(=O)C(C)NCc1cnc(CC)s1. The van der Waals surface area contributed by atoms with Gasteiger partial charge < -0.3 is 10.6 Å². The van der Waals surface area contributed by atoms with Crippen molar-refractivity contribution in [3.05, 3.63) is 16.1 Å². The van der Waals surface area contributed by atoms with Crippen molar-refractivity contribution in [3.63, 3.8) is 0 Å². The normalized spacial score (nSPS) is 12.4. The summed E-state index contributed by atoms with van der Waals surface area (Å²) in [6.07, 6.45) is 3.82. The van der Waals surface area contributed by atoms with E-state index in [4.69, 9.17) is 0 Å². The van der Waals surface area contributed by atoms with Crippen molar-refractivity contribution in [2.75, 3.05) is 6.54 Å². The molecule has 0 aliphatic rings. The Hall–Kier alpha value is -0.940. The number of nitrogens with zero attached hydrogens (tertiary/aromatic N) is 1. The van der Waals surface area contributed by atoms with Crippen LogP contribution in [0.4, 0.5) is 0 Å². The maximum atomic E-state index is 11.6. The molecule has 0 aliphatic carbocycles. The van der Waals surface area contributed by atoms with Gasteiger partial charge in [0.2, 0.25) is 5.91 Å². The number of carbonyl (C=O) groups excluding carboxylic acids is 1. The molecule has 4 nitrogen and oxygen atoms in total. The Morgan fingerprint density at radius 2 is 2.29 bits per heavy atom. The predicted octanol–water partition coefficient (Wildman–Crippen LogP) is 1.71. The number of aryl methyl sites for hydroxylation is 1. The first-order valence-electron chi connectivity index (χ1n) is 6.12. The van der Waals surface area contributed by atoms with E-state index in [2.05, 4.69) is 22.5 Å². The molecule has 17 heavy (non-hydrogen) atoms. The number of amides is 1. The van der Waals surface area contributed by atoms with Gasteiger partial charge in [0.25, 0.3) is 0 Å². The van der Waals surface area contributed by atoms with Crippen LogP contribution in [0.25, 0.3) is 0 Å². The highest BCUT2D eigenvalue weighted by molar-refractivity contribution is 7.11. The van der Waals surface area contributed by atoms with E-state index in [-0.39, 0.29) is 11.9 Å². The van der Waals surface area contributed by atoms with E-state index >= 15 is 0 Å². The van der Waals surface area contributed by atoms with E-state index in [1.807, 2.05) is 20.0 Å². The van der Waals surface area contributed by atoms with Crippen LogP contribution in [0, 0.1) is 0 Å². The second-order valence-electron chi connectivity index (χ2n) is 3.97. The van der Waals surface area contributed by atoms with Gasteiger partial charge in [-0.25, -0.2) is 4.98 Å². The highest BCUT2D eigenvalue weighted by Crippen LogP contribution is 2.12. The van der Waals surface area contributed by atoms with Crippen LogP contribution in [-0.4, -0.2) is 23.5 Å². The Morgan fingerprint density at radius 3 is 2.88 bits per heavy atom. The Morgan fingerprint density at radius 1 is 1.53 bits per heavy atom. The molecule has 5 heteroatoms. The summed E-state index contributed by atoms with van der Waals surface area (Å²) in [6, 6.07) is -0.159. The Kier molecular flexibility index (Phi) is 6.15. The second kappa shape index (κ2) is 7.40. The zero-order valence-electron chi connectivity index (χ0n) is 10.7. The summed E-state index contributed by atoms with van der Waals surface area (Å²) >= 11 is 1.70. The molecule has 1 unspecified atom stereocenters. The fourth-order valence-corrected chi connectivity index (χ4v) is 2.15. The average Bonchev–Trinajstić information content (AvgIpc) is 2.80. The molecule has 96 valence electrons. The van der Waals surface area contributed by atoms with Gasteiger partial charge in [0.05, 0.1) is 11.0 Å². The third-order valence-corrected chi connectivity index (χ3v) is 3.57. The number of thiazole rings is 1. The maximum Gasteiger partial charge on any atom is 0.236 e. The highest BCUT2D eigenvalue weighted by atomic mass is 32.1. The summed E-state index contributed by atoms with van der Waals surface area (Å²) in [6.45, 7) is 7.47. The van der Waals surface area contributed by atoms with Gasteiger partial charge in [-0.1, -0.05) is 13.8 Å². The van der Waals surface area contributed by atoms with E-state index < -0.39 is 0 Å². The Balaban J connectivity index is 2.31. The second-order valence-corrected chi connectivity index (χ2v) is 5.17. The van der Waals surface area contributed by atoms with Crippen LogP contribution >= 0.6 is 11.3 Å². The maximum absolute atomic E-state index is 11.6. The zero-order valence-corrected chi connectivity index (χ0v) is 11.6. The first-order valence-corrected chi connectivity index (χ1v) is 6.93. The number of hydrogen-bond donors (Lipinski definition) is 2. The topological polar surface area (TPSA) is 54.0 Å². The predicted molar refractivity (Wildman–Crippen MR) is 71.1 cm³/mol. The van der Waals surface area contributed by atoms with E-state index in [1.165, 1.54) is 4.88 Å². The number of hydrogen-bond acceptors (Lipinski definition) is 4. The van der Waals surface area contributed by atoms with E-state index in [0.29, 0.717) is 6.54 Å². The molecule has 0 radical (unpaired) electrons. The number of aromatic nitrogens is 1. The van der Waals surface area contributed by atoms with Gasteiger partial charge in [-0.2, -0.15) is 0 Å². The van der Waals surface area contributed by atoms with Crippen LogP contribution in [0.1, 0.15) is 37.1 Å². The lowest BCUT2D eigenvalue weighted by Gasteiger charge is -2.12. The van der Waals surface area contributed by atoms with Crippen molar-refractivity contribution in [2.24, 2.45) is 0 Å². The third kappa shape index (κ3) is 4.83. The van der Waals surface area contributed by atoms with Crippen molar-refractivity contribution >= 4 is 17.2 Å². The molecular weight excluding hydrogens is 234 g/mol. The zero-order chi connectivity index (χ0) is 12.7. The molecule has 0 bridgehead atoms. The molecule has 1 aromatic rings. The molecule has 0 aliphatic heterocycles. The van der Waals surface area contributed by atoms with Crippen molar-refractivity contribution in [1.29, 1.82) is 0 Å². The summed E-state index contributed by atoms with van der Waals surface area (Å²) < 4.78 is 0. The molecular formula is C12H21N3OS. The van der Waals surface area contributed by atoms with Crippen molar-refractivity contribution in [2.45, 2.75) is 46.2 Å². The lowest BCUT2D eigenvalue weighted by molar-refractivity contribution is -0.122. The summed E-state index contributed by atoms with van der Waals surface area (Å²) in [5, 5.41) is 7.22.